The summed E-state index contributed by atoms with van der Waals surface area (Å²) < 4.78 is 1.57. The predicted octanol–water partition coefficient (Wildman–Crippen LogP) is 4.33. The van der Waals surface area contributed by atoms with Crippen LogP contribution in [0.3, 0.4) is 0 Å². The Bertz CT molecular complexity index is 1320. The Kier molecular flexibility index (Phi) is 6.35. The van der Waals surface area contributed by atoms with Crippen LogP contribution in [-0.4, -0.2) is 37.8 Å². The first-order valence-electron chi connectivity index (χ1n) is 10.3. The molecule has 0 saturated carbocycles. The topological polar surface area (TPSA) is 105 Å². The molecule has 0 aliphatic rings. The molecule has 3 aromatic carbocycles. The van der Waals surface area contributed by atoms with Gasteiger partial charge in [0, 0.05) is 31.8 Å². The number of phenolic OH excluding ortho intramolecular Hbond substituents is 2. The smallest absolute Gasteiger partial charge is 0.257 e. The number of aromatic hydroxyl groups is 2. The van der Waals surface area contributed by atoms with E-state index in [4.69, 9.17) is 17.3 Å². The fourth-order valence-electron chi connectivity index (χ4n) is 3.72. The number of amides is 1. The molecule has 0 radical (unpaired) electrons. The number of hydrogen-bond donors (Lipinski definition) is 3. The Labute approximate surface area is 196 Å². The number of hydrogen-bond acceptors (Lipinski definition) is 5. The van der Waals surface area contributed by atoms with Crippen molar-refractivity contribution < 1.29 is 15.0 Å². The molecule has 0 unspecified atom stereocenters. The number of halogens is 1. The number of nitrogens with two attached hydrogens (primary N) is 1. The number of aromatic nitrogens is 2. The summed E-state index contributed by atoms with van der Waals surface area (Å²) in [5.41, 5.74) is 9.21. The maximum Gasteiger partial charge on any atom is 0.257 e. The summed E-state index contributed by atoms with van der Waals surface area (Å²) >= 11 is 6.33. The second kappa shape index (κ2) is 9.36. The van der Waals surface area contributed by atoms with E-state index in [0.29, 0.717) is 35.1 Å². The van der Waals surface area contributed by atoms with Gasteiger partial charge in [0.15, 0.2) is 0 Å². The molecule has 0 aliphatic carbocycles. The molecule has 0 bridgehead atoms. The van der Waals surface area contributed by atoms with Crippen LogP contribution in [-0.2, 0) is 13.1 Å². The summed E-state index contributed by atoms with van der Waals surface area (Å²) in [5.74, 6) is -0.901. The second-order valence-electron chi connectivity index (χ2n) is 7.60. The van der Waals surface area contributed by atoms with E-state index in [1.807, 2.05) is 36.4 Å². The highest BCUT2D eigenvalue weighted by molar-refractivity contribution is 6.32. The van der Waals surface area contributed by atoms with Crippen LogP contribution in [0.15, 0.2) is 72.9 Å². The predicted molar refractivity (Wildman–Crippen MR) is 127 cm³/mol. The van der Waals surface area contributed by atoms with Gasteiger partial charge in [0.2, 0.25) is 0 Å². The molecular formula is C25H23ClN4O3. The first-order chi connectivity index (χ1) is 15.9. The van der Waals surface area contributed by atoms with Crippen molar-refractivity contribution in [1.29, 1.82) is 0 Å². The van der Waals surface area contributed by atoms with Crippen molar-refractivity contribution in [1.82, 2.24) is 14.7 Å². The molecule has 1 heterocycles. The zero-order chi connectivity index (χ0) is 23.5. The van der Waals surface area contributed by atoms with Crippen molar-refractivity contribution in [2.45, 2.75) is 13.1 Å². The van der Waals surface area contributed by atoms with Crippen molar-refractivity contribution in [2.75, 3.05) is 7.05 Å². The molecule has 0 saturated heterocycles. The lowest BCUT2D eigenvalue weighted by Crippen LogP contribution is -2.27. The van der Waals surface area contributed by atoms with E-state index >= 15 is 0 Å². The number of rotatable bonds is 6. The molecule has 0 aliphatic heterocycles. The summed E-state index contributed by atoms with van der Waals surface area (Å²) in [6.07, 6.45) is 1.57. The fraction of sp³-hybridized carbons (Fsp3) is 0.120. The van der Waals surface area contributed by atoms with Crippen LogP contribution < -0.4 is 5.73 Å². The van der Waals surface area contributed by atoms with Crippen LogP contribution in [0, 0.1) is 0 Å². The molecule has 1 aromatic heterocycles. The second-order valence-corrected chi connectivity index (χ2v) is 8.01. The lowest BCUT2D eigenvalue weighted by Gasteiger charge is -2.20. The Balaban J connectivity index is 1.71. The molecule has 0 fully saturated rings. The van der Waals surface area contributed by atoms with Crippen molar-refractivity contribution in [3.05, 3.63) is 94.6 Å². The van der Waals surface area contributed by atoms with Gasteiger partial charge in [-0.05, 0) is 35.4 Å². The van der Waals surface area contributed by atoms with Gasteiger partial charge in [0.1, 0.15) is 11.5 Å². The van der Waals surface area contributed by atoms with E-state index in [9.17, 15) is 15.0 Å². The molecule has 4 aromatic rings. The standard InChI is InChI=1S/C25H23ClN4O3/c1-29(15-17-7-3-2-6-16(17)14-27)25(33)19-12-18(23(31)13-24(19)32)21-10-11-28-30(21)22-9-5-4-8-20(22)26/h2-13,31-32H,14-15,27H2,1H3. The molecule has 0 atom stereocenters. The third-order valence-electron chi connectivity index (χ3n) is 5.44. The van der Waals surface area contributed by atoms with E-state index in [2.05, 4.69) is 5.10 Å². The molecule has 0 spiro atoms. The Hall–Kier alpha value is -3.81. The fourth-order valence-corrected chi connectivity index (χ4v) is 3.94. The average molecular weight is 463 g/mol. The number of phenols is 2. The van der Waals surface area contributed by atoms with Crippen LogP contribution in [0.2, 0.25) is 5.02 Å². The van der Waals surface area contributed by atoms with Crippen LogP contribution in [0.4, 0.5) is 0 Å². The maximum atomic E-state index is 13.2. The summed E-state index contributed by atoms with van der Waals surface area (Å²) in [5, 5.41) is 25.8. The zero-order valence-corrected chi connectivity index (χ0v) is 18.7. The van der Waals surface area contributed by atoms with E-state index in [1.54, 1.807) is 36.1 Å². The van der Waals surface area contributed by atoms with Gasteiger partial charge in [-0.1, -0.05) is 48.0 Å². The van der Waals surface area contributed by atoms with Crippen molar-refractivity contribution >= 4 is 17.5 Å². The van der Waals surface area contributed by atoms with Crippen molar-refractivity contribution in [3.63, 3.8) is 0 Å². The third-order valence-corrected chi connectivity index (χ3v) is 5.76. The first kappa shape index (κ1) is 22.4. The molecule has 4 N–H and O–H groups in total. The SMILES string of the molecule is CN(Cc1ccccc1CN)C(=O)c1cc(-c2ccnn2-c2ccccc2Cl)c(O)cc1O. The van der Waals surface area contributed by atoms with Crippen LogP contribution in [0.1, 0.15) is 21.5 Å². The van der Waals surface area contributed by atoms with Gasteiger partial charge in [-0.2, -0.15) is 5.10 Å². The normalized spacial score (nSPS) is 10.9. The quantitative estimate of drug-likeness (QED) is 0.395. The molecule has 8 heteroatoms. The van der Waals surface area contributed by atoms with E-state index in [1.165, 1.54) is 11.0 Å². The average Bonchev–Trinajstić information content (AvgIpc) is 3.28. The number of carbonyl (C=O) groups is 1. The van der Waals surface area contributed by atoms with E-state index in [0.717, 1.165) is 17.2 Å². The van der Waals surface area contributed by atoms with Gasteiger partial charge in [-0.15, -0.1) is 0 Å². The first-order valence-corrected chi connectivity index (χ1v) is 10.7. The minimum absolute atomic E-state index is 0.0578. The lowest BCUT2D eigenvalue weighted by molar-refractivity contribution is 0.0782. The summed E-state index contributed by atoms with van der Waals surface area (Å²) in [7, 11) is 1.65. The highest BCUT2D eigenvalue weighted by Gasteiger charge is 2.22. The maximum absolute atomic E-state index is 13.2. The van der Waals surface area contributed by atoms with E-state index in [-0.39, 0.29) is 17.1 Å². The summed E-state index contributed by atoms with van der Waals surface area (Å²) in [4.78, 5) is 14.7. The Morgan fingerprint density at radius 3 is 2.45 bits per heavy atom. The molecular weight excluding hydrogens is 440 g/mol. The Morgan fingerprint density at radius 1 is 1.03 bits per heavy atom. The van der Waals surface area contributed by atoms with Gasteiger partial charge in [0.05, 0.1) is 28.2 Å². The molecule has 7 nitrogen and oxygen atoms in total. The number of nitrogens with zero attached hydrogens (tertiary/aromatic N) is 3. The lowest BCUT2D eigenvalue weighted by atomic mass is 10.0. The largest absolute Gasteiger partial charge is 0.507 e. The van der Waals surface area contributed by atoms with Crippen LogP contribution in [0.25, 0.3) is 16.9 Å². The number of carbonyl (C=O) groups excluding carboxylic acids is 1. The molecule has 4 rings (SSSR count). The summed E-state index contributed by atoms with van der Waals surface area (Å²) in [6.45, 7) is 0.679. The highest BCUT2D eigenvalue weighted by atomic mass is 35.5. The van der Waals surface area contributed by atoms with Gasteiger partial charge >= 0.3 is 0 Å². The molecule has 168 valence electrons. The van der Waals surface area contributed by atoms with Crippen LogP contribution in [0.5, 0.6) is 11.5 Å². The van der Waals surface area contributed by atoms with Crippen LogP contribution >= 0.6 is 11.6 Å². The highest BCUT2D eigenvalue weighted by Crippen LogP contribution is 2.37. The Morgan fingerprint density at radius 2 is 1.73 bits per heavy atom. The third kappa shape index (κ3) is 4.41. The number of para-hydroxylation sites is 1. The van der Waals surface area contributed by atoms with Gasteiger partial charge in [0.25, 0.3) is 5.91 Å². The monoisotopic (exact) mass is 462 g/mol. The van der Waals surface area contributed by atoms with Gasteiger partial charge < -0.3 is 20.8 Å². The molecule has 1 amide bonds. The zero-order valence-electron chi connectivity index (χ0n) is 17.9. The molecule has 33 heavy (non-hydrogen) atoms. The minimum Gasteiger partial charge on any atom is -0.507 e. The minimum atomic E-state index is -0.399. The van der Waals surface area contributed by atoms with Gasteiger partial charge in [-0.3, -0.25) is 4.79 Å². The number of benzene rings is 3. The van der Waals surface area contributed by atoms with E-state index < -0.39 is 5.91 Å². The van der Waals surface area contributed by atoms with Gasteiger partial charge in [-0.25, -0.2) is 4.68 Å². The summed E-state index contributed by atoms with van der Waals surface area (Å²) in [6, 6.07) is 19.1. The van der Waals surface area contributed by atoms with Crippen molar-refractivity contribution in [3.8, 4) is 28.4 Å². The van der Waals surface area contributed by atoms with Crippen molar-refractivity contribution in [2.24, 2.45) is 5.73 Å².